The Kier molecular flexibility index (Phi) is 5.07. The van der Waals surface area contributed by atoms with Gasteiger partial charge in [-0.3, -0.25) is 4.98 Å². The highest BCUT2D eigenvalue weighted by Gasteiger charge is 1.97. The fourth-order valence-electron chi connectivity index (χ4n) is 1.23. The molecule has 0 radical (unpaired) electrons. The van der Waals surface area contributed by atoms with E-state index < -0.39 is 0 Å². The fourth-order valence-corrected chi connectivity index (χ4v) is 1.23. The molecule has 1 rings (SSSR count). The van der Waals surface area contributed by atoms with Crippen LogP contribution >= 0.6 is 0 Å². The molecular weight excluding hydrogens is 190 g/mol. The molecule has 2 N–H and O–H groups in total. The van der Waals surface area contributed by atoms with E-state index >= 15 is 0 Å². The molecule has 0 unspecified atom stereocenters. The van der Waals surface area contributed by atoms with Gasteiger partial charge >= 0.3 is 0 Å². The second kappa shape index (κ2) is 6.37. The van der Waals surface area contributed by atoms with Gasteiger partial charge in [-0.1, -0.05) is 0 Å². The SMILES string of the molecule is CN(C)CCCOc1ccnc(CN)c1. The molecule has 1 aromatic rings. The zero-order chi connectivity index (χ0) is 11.1. The average molecular weight is 209 g/mol. The lowest BCUT2D eigenvalue weighted by atomic mass is 10.3. The lowest BCUT2D eigenvalue weighted by molar-refractivity contribution is 0.281. The van der Waals surface area contributed by atoms with Crippen molar-refractivity contribution in [1.82, 2.24) is 9.88 Å². The van der Waals surface area contributed by atoms with Crippen molar-refractivity contribution in [3.63, 3.8) is 0 Å². The topological polar surface area (TPSA) is 51.4 Å². The Morgan fingerprint density at radius 1 is 1.47 bits per heavy atom. The average Bonchev–Trinajstić information content (AvgIpc) is 2.24. The monoisotopic (exact) mass is 209 g/mol. The summed E-state index contributed by atoms with van der Waals surface area (Å²) in [5, 5.41) is 0. The predicted molar refractivity (Wildman–Crippen MR) is 60.8 cm³/mol. The summed E-state index contributed by atoms with van der Waals surface area (Å²) in [6.07, 6.45) is 2.75. The number of pyridine rings is 1. The first-order valence-corrected chi connectivity index (χ1v) is 5.15. The Labute approximate surface area is 91.1 Å². The van der Waals surface area contributed by atoms with Crippen molar-refractivity contribution >= 4 is 0 Å². The van der Waals surface area contributed by atoms with Crippen LogP contribution in [-0.2, 0) is 6.54 Å². The van der Waals surface area contributed by atoms with Crippen LogP contribution in [0.5, 0.6) is 5.75 Å². The Morgan fingerprint density at radius 3 is 2.93 bits per heavy atom. The molecule has 1 heterocycles. The summed E-state index contributed by atoms with van der Waals surface area (Å²) in [4.78, 5) is 6.24. The molecule has 0 bridgehead atoms. The number of nitrogens with zero attached hydrogens (tertiary/aromatic N) is 2. The van der Waals surface area contributed by atoms with Gasteiger partial charge in [-0.05, 0) is 26.6 Å². The molecule has 0 spiro atoms. The normalized spacial score (nSPS) is 10.7. The number of hydrogen-bond donors (Lipinski definition) is 1. The minimum Gasteiger partial charge on any atom is -0.493 e. The van der Waals surface area contributed by atoms with Gasteiger partial charge in [0.25, 0.3) is 0 Å². The number of rotatable bonds is 6. The van der Waals surface area contributed by atoms with E-state index in [4.69, 9.17) is 10.5 Å². The largest absolute Gasteiger partial charge is 0.493 e. The van der Waals surface area contributed by atoms with Gasteiger partial charge in [0.1, 0.15) is 5.75 Å². The van der Waals surface area contributed by atoms with Crippen LogP contribution in [0.4, 0.5) is 0 Å². The Balaban J connectivity index is 2.30. The number of aromatic nitrogens is 1. The maximum Gasteiger partial charge on any atom is 0.122 e. The van der Waals surface area contributed by atoms with E-state index in [0.29, 0.717) is 6.54 Å². The third kappa shape index (κ3) is 4.76. The minimum absolute atomic E-state index is 0.453. The van der Waals surface area contributed by atoms with E-state index in [1.807, 2.05) is 12.1 Å². The summed E-state index contributed by atoms with van der Waals surface area (Å²) in [6, 6.07) is 3.74. The van der Waals surface area contributed by atoms with Gasteiger partial charge in [-0.2, -0.15) is 0 Å². The zero-order valence-corrected chi connectivity index (χ0v) is 9.44. The predicted octanol–water partition coefficient (Wildman–Crippen LogP) is 0.871. The van der Waals surface area contributed by atoms with E-state index in [0.717, 1.165) is 31.0 Å². The summed E-state index contributed by atoms with van der Waals surface area (Å²) in [5.41, 5.74) is 6.35. The molecule has 0 fully saturated rings. The lowest BCUT2D eigenvalue weighted by Gasteiger charge is -2.10. The van der Waals surface area contributed by atoms with Crippen molar-refractivity contribution in [2.75, 3.05) is 27.2 Å². The third-order valence-electron chi connectivity index (χ3n) is 2.02. The Hall–Kier alpha value is -1.13. The van der Waals surface area contributed by atoms with E-state index in [-0.39, 0.29) is 0 Å². The lowest BCUT2D eigenvalue weighted by Crippen LogP contribution is -2.15. The molecule has 0 atom stereocenters. The standard InChI is InChI=1S/C11H19N3O/c1-14(2)6-3-7-15-11-4-5-13-10(8-11)9-12/h4-5,8H,3,6-7,9,12H2,1-2H3. The smallest absolute Gasteiger partial charge is 0.122 e. The van der Waals surface area contributed by atoms with Gasteiger partial charge < -0.3 is 15.4 Å². The van der Waals surface area contributed by atoms with E-state index in [1.54, 1.807) is 6.20 Å². The highest BCUT2D eigenvalue weighted by atomic mass is 16.5. The maximum absolute atomic E-state index is 5.58. The van der Waals surface area contributed by atoms with Crippen LogP contribution in [0, 0.1) is 0 Å². The molecule has 4 nitrogen and oxygen atoms in total. The summed E-state index contributed by atoms with van der Waals surface area (Å²) < 4.78 is 5.58. The van der Waals surface area contributed by atoms with Crippen LogP contribution in [0.2, 0.25) is 0 Å². The van der Waals surface area contributed by atoms with Crippen LogP contribution in [-0.4, -0.2) is 37.1 Å². The molecule has 15 heavy (non-hydrogen) atoms. The van der Waals surface area contributed by atoms with Gasteiger partial charge in [0.2, 0.25) is 0 Å². The van der Waals surface area contributed by atoms with Gasteiger partial charge in [0.05, 0.1) is 12.3 Å². The molecule has 0 saturated carbocycles. The van der Waals surface area contributed by atoms with Crippen LogP contribution in [0.15, 0.2) is 18.3 Å². The maximum atomic E-state index is 5.58. The van der Waals surface area contributed by atoms with Crippen molar-refractivity contribution in [3.8, 4) is 5.75 Å². The first-order valence-electron chi connectivity index (χ1n) is 5.15. The molecule has 0 amide bonds. The highest BCUT2D eigenvalue weighted by molar-refractivity contribution is 5.22. The molecular formula is C11H19N3O. The Bertz CT molecular complexity index is 289. The number of hydrogen-bond acceptors (Lipinski definition) is 4. The first-order chi connectivity index (χ1) is 7.22. The molecule has 84 valence electrons. The van der Waals surface area contributed by atoms with Gasteiger partial charge in [0, 0.05) is 25.4 Å². The number of ether oxygens (including phenoxy) is 1. The van der Waals surface area contributed by atoms with Crippen molar-refractivity contribution in [3.05, 3.63) is 24.0 Å². The molecule has 0 aliphatic carbocycles. The molecule has 0 aromatic carbocycles. The quantitative estimate of drug-likeness (QED) is 0.706. The second-order valence-electron chi connectivity index (χ2n) is 3.69. The first kappa shape index (κ1) is 11.9. The van der Waals surface area contributed by atoms with Crippen molar-refractivity contribution in [1.29, 1.82) is 0 Å². The van der Waals surface area contributed by atoms with Crippen molar-refractivity contribution < 1.29 is 4.74 Å². The van der Waals surface area contributed by atoms with Crippen LogP contribution in [0.3, 0.4) is 0 Å². The number of nitrogens with two attached hydrogens (primary N) is 1. The summed E-state index contributed by atoms with van der Waals surface area (Å²) >= 11 is 0. The van der Waals surface area contributed by atoms with Crippen molar-refractivity contribution in [2.45, 2.75) is 13.0 Å². The van der Waals surface area contributed by atoms with E-state index in [2.05, 4.69) is 24.0 Å². The van der Waals surface area contributed by atoms with Gasteiger partial charge in [-0.15, -0.1) is 0 Å². The highest BCUT2D eigenvalue weighted by Crippen LogP contribution is 2.10. The minimum atomic E-state index is 0.453. The molecule has 1 aromatic heterocycles. The van der Waals surface area contributed by atoms with E-state index in [9.17, 15) is 0 Å². The van der Waals surface area contributed by atoms with Crippen LogP contribution in [0.1, 0.15) is 12.1 Å². The van der Waals surface area contributed by atoms with Gasteiger partial charge in [0.15, 0.2) is 0 Å². The van der Waals surface area contributed by atoms with Gasteiger partial charge in [-0.25, -0.2) is 0 Å². The molecule has 0 aliphatic heterocycles. The summed E-state index contributed by atoms with van der Waals surface area (Å²) in [5.74, 6) is 0.851. The fraction of sp³-hybridized carbons (Fsp3) is 0.545. The van der Waals surface area contributed by atoms with Crippen molar-refractivity contribution in [2.24, 2.45) is 5.73 Å². The summed E-state index contributed by atoms with van der Waals surface area (Å²) in [6.45, 7) is 2.22. The molecule has 0 aliphatic rings. The third-order valence-corrected chi connectivity index (χ3v) is 2.02. The zero-order valence-electron chi connectivity index (χ0n) is 9.44. The summed E-state index contributed by atoms with van der Waals surface area (Å²) in [7, 11) is 4.11. The second-order valence-corrected chi connectivity index (χ2v) is 3.69. The van der Waals surface area contributed by atoms with Crippen LogP contribution < -0.4 is 10.5 Å². The van der Waals surface area contributed by atoms with Crippen LogP contribution in [0.25, 0.3) is 0 Å². The Morgan fingerprint density at radius 2 is 2.27 bits per heavy atom. The molecule has 0 saturated heterocycles. The molecule has 4 heteroatoms. The van der Waals surface area contributed by atoms with E-state index in [1.165, 1.54) is 0 Å².